The SMILES string of the molecule is CCN1CCN(c2ccc(Nc3cc4c(cn3)OC(C=O)C4(OCc3cc(OC)c(OC)c(OC)c3)c3c(F)c(OC)cc(OC)c3F)c([N+](=O)[O-])c2)CC1. The van der Waals surface area contributed by atoms with Crippen LogP contribution in [0.2, 0.25) is 0 Å². The van der Waals surface area contributed by atoms with Crippen LogP contribution >= 0.6 is 0 Å². The Hall–Kier alpha value is -5.94. The minimum absolute atomic E-state index is 0.0179. The topological polar surface area (TPSA) is 156 Å². The van der Waals surface area contributed by atoms with E-state index in [0.717, 1.165) is 25.7 Å². The molecule has 1 aromatic heterocycles. The molecule has 3 aromatic carbocycles. The van der Waals surface area contributed by atoms with Gasteiger partial charge in [-0.1, -0.05) is 6.92 Å². The second kappa shape index (κ2) is 16.2. The van der Waals surface area contributed by atoms with Gasteiger partial charge in [0.05, 0.1) is 58.8 Å². The molecule has 1 fully saturated rings. The number of methoxy groups -OCH3 is 5. The first-order valence-electron chi connectivity index (χ1n) is 17.3. The zero-order chi connectivity index (χ0) is 39.4. The summed E-state index contributed by atoms with van der Waals surface area (Å²) in [5.41, 5.74) is -2.14. The normalized spacial score (nSPS) is 17.9. The van der Waals surface area contributed by atoms with Crippen molar-refractivity contribution in [3.8, 4) is 34.5 Å². The number of benzene rings is 3. The lowest BCUT2D eigenvalue weighted by Gasteiger charge is -2.35. The molecule has 1 N–H and O–H groups in total. The Bertz CT molecular complexity index is 2030. The third kappa shape index (κ3) is 7.07. The van der Waals surface area contributed by atoms with Crippen molar-refractivity contribution >= 4 is 29.2 Å². The lowest BCUT2D eigenvalue weighted by atomic mass is 9.82. The number of nitro groups is 1. The van der Waals surface area contributed by atoms with E-state index in [1.54, 1.807) is 24.3 Å². The van der Waals surface area contributed by atoms with Crippen molar-refractivity contribution in [2.45, 2.75) is 25.2 Å². The van der Waals surface area contributed by atoms with Crippen LogP contribution in [0.5, 0.6) is 34.5 Å². The number of fused-ring (bicyclic) bond motifs is 1. The smallest absolute Gasteiger partial charge is 0.294 e. The predicted molar refractivity (Wildman–Crippen MR) is 197 cm³/mol. The van der Waals surface area contributed by atoms with Crippen LogP contribution in [-0.4, -0.2) is 95.5 Å². The van der Waals surface area contributed by atoms with Crippen LogP contribution in [0.25, 0.3) is 0 Å². The largest absolute Gasteiger partial charge is 0.494 e. The van der Waals surface area contributed by atoms with Gasteiger partial charge in [-0.3, -0.25) is 14.9 Å². The minimum atomic E-state index is -2.34. The first-order chi connectivity index (χ1) is 26.6. The highest BCUT2D eigenvalue weighted by molar-refractivity contribution is 5.75. The number of carbonyl (C=O) groups is 1. The lowest BCUT2D eigenvalue weighted by Crippen LogP contribution is -2.46. The molecular formula is C38H41F2N5O10. The van der Waals surface area contributed by atoms with Crippen molar-refractivity contribution < 1.29 is 51.7 Å². The van der Waals surface area contributed by atoms with E-state index in [1.165, 1.54) is 53.9 Å². The van der Waals surface area contributed by atoms with Gasteiger partial charge < -0.3 is 48.3 Å². The molecule has 6 rings (SSSR count). The number of anilines is 3. The number of halogens is 2. The number of nitrogens with zero attached hydrogens (tertiary/aromatic N) is 4. The first kappa shape index (κ1) is 38.8. The summed E-state index contributed by atoms with van der Waals surface area (Å²) in [5, 5.41) is 15.3. The maximum absolute atomic E-state index is 16.6. The van der Waals surface area contributed by atoms with Crippen molar-refractivity contribution in [2.24, 2.45) is 0 Å². The van der Waals surface area contributed by atoms with Gasteiger partial charge in [0.1, 0.15) is 17.3 Å². The summed E-state index contributed by atoms with van der Waals surface area (Å²) in [5.74, 6) is -2.35. The molecule has 55 heavy (non-hydrogen) atoms. The maximum atomic E-state index is 16.6. The minimum Gasteiger partial charge on any atom is -0.494 e. The van der Waals surface area contributed by atoms with Crippen LogP contribution in [0.4, 0.5) is 31.7 Å². The highest BCUT2D eigenvalue weighted by Gasteiger charge is 2.56. The summed E-state index contributed by atoms with van der Waals surface area (Å²) in [6.45, 7) is 5.71. The quantitative estimate of drug-likeness (QED) is 0.0904. The number of pyridine rings is 1. The van der Waals surface area contributed by atoms with Crippen LogP contribution < -0.4 is 38.6 Å². The van der Waals surface area contributed by atoms with Crippen LogP contribution in [0.1, 0.15) is 23.6 Å². The molecule has 292 valence electrons. The van der Waals surface area contributed by atoms with E-state index in [2.05, 4.69) is 27.0 Å². The summed E-state index contributed by atoms with van der Waals surface area (Å²) >= 11 is 0. The highest BCUT2D eigenvalue weighted by atomic mass is 19.1. The van der Waals surface area contributed by atoms with E-state index >= 15 is 8.78 Å². The number of likely N-dealkylation sites (N-methyl/N-ethyl adjacent to an activating group) is 1. The average molecular weight is 766 g/mol. The number of hydrogen-bond acceptors (Lipinski definition) is 14. The maximum Gasteiger partial charge on any atom is 0.294 e. The fourth-order valence-electron chi connectivity index (χ4n) is 6.96. The van der Waals surface area contributed by atoms with Crippen LogP contribution in [-0.2, 0) is 21.7 Å². The van der Waals surface area contributed by atoms with E-state index in [4.69, 9.17) is 33.2 Å². The van der Waals surface area contributed by atoms with Crippen molar-refractivity contribution in [1.82, 2.24) is 9.88 Å². The Kier molecular flexibility index (Phi) is 11.4. The van der Waals surface area contributed by atoms with Crippen LogP contribution in [0.3, 0.4) is 0 Å². The number of hydrogen-bond donors (Lipinski definition) is 1. The monoisotopic (exact) mass is 765 g/mol. The van der Waals surface area contributed by atoms with E-state index in [9.17, 15) is 14.9 Å². The number of nitrogens with one attached hydrogen (secondary N) is 1. The molecule has 2 aliphatic heterocycles. The molecule has 0 spiro atoms. The van der Waals surface area contributed by atoms with E-state index in [1.807, 2.05) is 0 Å². The molecule has 3 heterocycles. The van der Waals surface area contributed by atoms with Crippen LogP contribution in [0, 0.1) is 21.7 Å². The van der Waals surface area contributed by atoms with Crippen molar-refractivity contribution in [1.29, 1.82) is 0 Å². The van der Waals surface area contributed by atoms with Gasteiger partial charge in [0.25, 0.3) is 5.69 Å². The average Bonchev–Trinajstić information content (AvgIpc) is 3.52. The summed E-state index contributed by atoms with van der Waals surface area (Å²) in [6.07, 6.45) is -0.0831. The van der Waals surface area contributed by atoms with E-state index in [-0.39, 0.29) is 46.6 Å². The van der Waals surface area contributed by atoms with Gasteiger partial charge in [0.2, 0.25) is 5.75 Å². The fraction of sp³-hybridized carbons (Fsp3) is 0.368. The first-order valence-corrected chi connectivity index (χ1v) is 17.3. The van der Waals surface area contributed by atoms with E-state index < -0.39 is 45.3 Å². The Balaban J connectivity index is 1.48. The Labute approximate surface area is 315 Å². The zero-order valence-corrected chi connectivity index (χ0v) is 31.1. The number of carbonyl (C=O) groups excluding carboxylic acids is 1. The molecule has 0 bridgehead atoms. The molecule has 2 unspecified atom stereocenters. The Morgan fingerprint density at radius 1 is 0.927 bits per heavy atom. The molecule has 0 radical (unpaired) electrons. The Morgan fingerprint density at radius 2 is 1.56 bits per heavy atom. The number of aromatic nitrogens is 1. The molecule has 2 atom stereocenters. The van der Waals surface area contributed by atoms with Gasteiger partial charge in [0, 0.05) is 49.6 Å². The molecule has 15 nitrogen and oxygen atoms in total. The standard InChI is InChI=1S/C38H41F2N5O10/c1-7-43-10-12-44(13-11-43)23-8-9-25(26(16-23)45(47)48)42-33-17-24-31(19-41-33)55-32(20-46)38(24,34-35(39)27(49-2)18-28(50-3)36(34)40)54-21-22-14-29(51-4)37(53-6)30(15-22)52-5/h8-9,14-20,32H,7,10-13,21H2,1-6H3,(H,41,42). The third-order valence-corrected chi connectivity index (χ3v) is 9.81. The summed E-state index contributed by atoms with van der Waals surface area (Å²) in [6, 6.07) is 10.4. The molecular weight excluding hydrogens is 724 g/mol. The predicted octanol–water partition coefficient (Wildman–Crippen LogP) is 5.62. The van der Waals surface area contributed by atoms with Gasteiger partial charge >= 0.3 is 0 Å². The van der Waals surface area contributed by atoms with Crippen molar-refractivity contribution in [3.63, 3.8) is 0 Å². The third-order valence-electron chi connectivity index (χ3n) is 9.81. The van der Waals surface area contributed by atoms with Gasteiger partial charge in [-0.05, 0) is 42.4 Å². The number of piperazine rings is 1. The lowest BCUT2D eigenvalue weighted by molar-refractivity contribution is -0.383. The van der Waals surface area contributed by atoms with Gasteiger partial charge in [-0.15, -0.1) is 0 Å². The van der Waals surface area contributed by atoms with Gasteiger partial charge in [-0.2, -0.15) is 0 Å². The van der Waals surface area contributed by atoms with Crippen molar-refractivity contribution in [2.75, 3.05) is 78.5 Å². The molecule has 17 heteroatoms. The van der Waals surface area contributed by atoms with Crippen molar-refractivity contribution in [3.05, 3.63) is 87.1 Å². The molecule has 0 amide bonds. The van der Waals surface area contributed by atoms with Gasteiger partial charge in [-0.25, -0.2) is 13.8 Å². The molecule has 2 aliphatic rings. The Morgan fingerprint density at radius 3 is 2.11 bits per heavy atom. The number of rotatable bonds is 15. The fourth-order valence-corrected chi connectivity index (χ4v) is 6.96. The highest BCUT2D eigenvalue weighted by Crippen LogP contribution is 2.53. The summed E-state index contributed by atoms with van der Waals surface area (Å²) < 4.78 is 72.6. The molecule has 0 saturated carbocycles. The zero-order valence-electron chi connectivity index (χ0n) is 31.1. The van der Waals surface area contributed by atoms with E-state index in [0.29, 0.717) is 36.4 Å². The van der Waals surface area contributed by atoms with Crippen LogP contribution in [0.15, 0.2) is 48.7 Å². The second-order valence-electron chi connectivity index (χ2n) is 12.6. The molecule has 4 aromatic rings. The van der Waals surface area contributed by atoms with Gasteiger partial charge in [0.15, 0.2) is 52.6 Å². The molecule has 0 aliphatic carbocycles. The number of ether oxygens (including phenoxy) is 7. The summed E-state index contributed by atoms with van der Waals surface area (Å²) in [7, 11) is 6.66. The summed E-state index contributed by atoms with van der Waals surface area (Å²) in [4.78, 5) is 33.5. The second-order valence-corrected chi connectivity index (χ2v) is 12.6. The number of aldehydes is 1. The number of nitro benzene ring substituents is 1. The molecule has 1 saturated heterocycles.